The number of rotatable bonds is 4. The molecular weight excluding hydrogens is 268 g/mol. The largest absolute Gasteiger partial charge is 0.392 e. The molecule has 3 nitrogen and oxygen atoms in total. The van der Waals surface area contributed by atoms with Gasteiger partial charge in [-0.1, -0.05) is 38.9 Å². The number of hydrogen-bond donors (Lipinski definition) is 1. The monoisotopic (exact) mass is 296 g/mol. The van der Waals surface area contributed by atoms with Crippen molar-refractivity contribution < 1.29 is 4.79 Å². The summed E-state index contributed by atoms with van der Waals surface area (Å²) in [6, 6.07) is 0.442. The van der Waals surface area contributed by atoms with Gasteiger partial charge in [-0.2, -0.15) is 0 Å². The molecule has 1 aliphatic carbocycles. The van der Waals surface area contributed by atoms with Gasteiger partial charge < -0.3 is 10.6 Å². The number of amides is 1. The van der Waals surface area contributed by atoms with Crippen LogP contribution in [0.1, 0.15) is 65.2 Å². The van der Waals surface area contributed by atoms with Crippen molar-refractivity contribution in [2.75, 3.05) is 6.54 Å². The minimum absolute atomic E-state index is 0.201. The molecule has 1 saturated heterocycles. The number of thiocarbonyl (C=S) groups is 1. The molecule has 1 saturated carbocycles. The summed E-state index contributed by atoms with van der Waals surface area (Å²) in [5.74, 6) is 0.908. The van der Waals surface area contributed by atoms with E-state index in [1.165, 1.54) is 25.7 Å². The number of fused-ring (bicyclic) bond motifs is 1. The fraction of sp³-hybridized carbons (Fsp3) is 0.875. The highest BCUT2D eigenvalue weighted by Crippen LogP contribution is 2.39. The zero-order valence-corrected chi connectivity index (χ0v) is 13.7. The van der Waals surface area contributed by atoms with E-state index >= 15 is 0 Å². The van der Waals surface area contributed by atoms with Crippen molar-refractivity contribution >= 4 is 23.1 Å². The van der Waals surface area contributed by atoms with E-state index in [-0.39, 0.29) is 5.91 Å². The minimum atomic E-state index is -0.616. The second kappa shape index (κ2) is 6.42. The third kappa shape index (κ3) is 2.59. The van der Waals surface area contributed by atoms with Crippen LogP contribution in [-0.4, -0.2) is 28.4 Å². The normalized spacial score (nSPS) is 27.0. The van der Waals surface area contributed by atoms with Crippen molar-refractivity contribution in [3.8, 4) is 0 Å². The van der Waals surface area contributed by atoms with Crippen molar-refractivity contribution in [1.82, 2.24) is 4.90 Å². The van der Waals surface area contributed by atoms with E-state index < -0.39 is 5.41 Å². The van der Waals surface area contributed by atoms with Crippen molar-refractivity contribution in [3.05, 3.63) is 0 Å². The molecule has 0 aromatic carbocycles. The predicted octanol–water partition coefficient (Wildman–Crippen LogP) is 3.26. The summed E-state index contributed by atoms with van der Waals surface area (Å²) in [7, 11) is 0. The molecule has 2 atom stereocenters. The molecular formula is C16H28N2OS. The maximum Gasteiger partial charge on any atom is 0.235 e. The molecule has 1 amide bonds. The lowest BCUT2D eigenvalue weighted by Crippen LogP contribution is -2.57. The van der Waals surface area contributed by atoms with Gasteiger partial charge in [0.2, 0.25) is 5.91 Å². The lowest BCUT2D eigenvalue weighted by molar-refractivity contribution is -0.145. The summed E-state index contributed by atoms with van der Waals surface area (Å²) in [5, 5.41) is 0. The molecule has 0 spiro atoms. The summed E-state index contributed by atoms with van der Waals surface area (Å²) < 4.78 is 0. The second-order valence-electron chi connectivity index (χ2n) is 6.41. The second-order valence-corrected chi connectivity index (χ2v) is 6.85. The van der Waals surface area contributed by atoms with Gasteiger partial charge in [0.05, 0.1) is 10.4 Å². The Labute approximate surface area is 128 Å². The molecule has 0 aromatic rings. The maximum atomic E-state index is 13.1. The molecule has 114 valence electrons. The number of carbonyl (C=O) groups excluding carboxylic acids is 1. The quantitative estimate of drug-likeness (QED) is 0.810. The summed E-state index contributed by atoms with van der Waals surface area (Å²) in [4.78, 5) is 15.7. The van der Waals surface area contributed by atoms with Crippen LogP contribution in [0.5, 0.6) is 0 Å². The van der Waals surface area contributed by atoms with Crippen LogP contribution in [0, 0.1) is 11.3 Å². The van der Waals surface area contributed by atoms with Crippen LogP contribution in [0.15, 0.2) is 0 Å². The van der Waals surface area contributed by atoms with Gasteiger partial charge in [0.15, 0.2) is 0 Å². The average molecular weight is 296 g/mol. The molecule has 2 aliphatic rings. The van der Waals surface area contributed by atoms with Gasteiger partial charge >= 0.3 is 0 Å². The molecule has 0 radical (unpaired) electrons. The minimum Gasteiger partial charge on any atom is -0.392 e. The van der Waals surface area contributed by atoms with Crippen LogP contribution in [0.2, 0.25) is 0 Å². The lowest BCUT2D eigenvalue weighted by Gasteiger charge is -2.47. The smallest absolute Gasteiger partial charge is 0.235 e. The first kappa shape index (κ1) is 15.7. The standard InChI is InChI=1S/C16H28N2OS/c1-3-16(4-2,14(17)20)15(19)18-11-7-9-12-8-5-6-10-13(12)18/h12-13H,3-11H2,1-2H3,(H2,17,20). The molecule has 1 heterocycles. The number of carbonyl (C=O) groups is 1. The van der Waals surface area contributed by atoms with E-state index in [4.69, 9.17) is 18.0 Å². The zero-order valence-electron chi connectivity index (χ0n) is 12.9. The van der Waals surface area contributed by atoms with E-state index in [2.05, 4.69) is 4.90 Å². The first-order valence-corrected chi connectivity index (χ1v) is 8.58. The highest BCUT2D eigenvalue weighted by molar-refractivity contribution is 7.80. The summed E-state index contributed by atoms with van der Waals surface area (Å²) in [6.45, 7) is 4.95. The van der Waals surface area contributed by atoms with Gasteiger partial charge in [0, 0.05) is 12.6 Å². The first-order valence-electron chi connectivity index (χ1n) is 8.17. The number of piperidine rings is 1. The Morgan fingerprint density at radius 1 is 1.20 bits per heavy atom. The average Bonchev–Trinajstić information content (AvgIpc) is 2.48. The Kier molecular flexibility index (Phi) is 5.05. The SMILES string of the molecule is CCC(CC)(C(=O)N1CCCC2CCCCC21)C(N)=S. The number of nitrogens with two attached hydrogens (primary N) is 1. The first-order chi connectivity index (χ1) is 9.56. The van der Waals surface area contributed by atoms with Crippen LogP contribution in [0.25, 0.3) is 0 Å². The van der Waals surface area contributed by atoms with Crippen LogP contribution < -0.4 is 5.73 Å². The fourth-order valence-electron chi connectivity index (χ4n) is 4.16. The van der Waals surface area contributed by atoms with Crippen molar-refractivity contribution in [3.63, 3.8) is 0 Å². The Morgan fingerprint density at radius 3 is 2.40 bits per heavy atom. The van der Waals surface area contributed by atoms with Crippen LogP contribution in [-0.2, 0) is 4.79 Å². The van der Waals surface area contributed by atoms with Crippen molar-refractivity contribution in [2.45, 2.75) is 71.3 Å². The Morgan fingerprint density at radius 2 is 1.80 bits per heavy atom. The molecule has 2 rings (SSSR count). The van der Waals surface area contributed by atoms with Crippen LogP contribution >= 0.6 is 12.2 Å². The summed E-state index contributed by atoms with van der Waals surface area (Å²) >= 11 is 5.25. The Hall–Kier alpha value is -0.640. The Balaban J connectivity index is 2.23. The third-order valence-electron chi connectivity index (χ3n) is 5.59. The summed E-state index contributed by atoms with van der Waals surface area (Å²) in [5.41, 5.74) is 5.34. The maximum absolute atomic E-state index is 13.1. The molecule has 2 fully saturated rings. The molecule has 2 N–H and O–H groups in total. The van der Waals surface area contributed by atoms with Gasteiger partial charge in [0.1, 0.15) is 0 Å². The molecule has 20 heavy (non-hydrogen) atoms. The van der Waals surface area contributed by atoms with Gasteiger partial charge in [-0.25, -0.2) is 0 Å². The fourth-order valence-corrected chi connectivity index (χ4v) is 4.53. The van der Waals surface area contributed by atoms with Crippen molar-refractivity contribution in [2.24, 2.45) is 17.1 Å². The third-order valence-corrected chi connectivity index (χ3v) is 5.98. The zero-order chi connectivity index (χ0) is 14.8. The van der Waals surface area contributed by atoms with Crippen LogP contribution in [0.4, 0.5) is 0 Å². The van der Waals surface area contributed by atoms with Gasteiger partial charge in [-0.15, -0.1) is 0 Å². The van der Waals surface area contributed by atoms with E-state index in [1.807, 2.05) is 13.8 Å². The molecule has 1 aliphatic heterocycles. The number of hydrogen-bond acceptors (Lipinski definition) is 2. The van der Waals surface area contributed by atoms with Gasteiger partial charge in [-0.05, 0) is 44.4 Å². The Bertz CT molecular complexity index is 377. The van der Waals surface area contributed by atoms with Gasteiger partial charge in [-0.3, -0.25) is 4.79 Å². The highest BCUT2D eigenvalue weighted by atomic mass is 32.1. The molecule has 0 bridgehead atoms. The van der Waals surface area contributed by atoms with Gasteiger partial charge in [0.25, 0.3) is 0 Å². The molecule has 0 aromatic heterocycles. The number of nitrogens with zero attached hydrogens (tertiary/aromatic N) is 1. The molecule has 2 unspecified atom stereocenters. The lowest BCUT2D eigenvalue weighted by atomic mass is 9.75. The van der Waals surface area contributed by atoms with E-state index in [1.54, 1.807) is 0 Å². The van der Waals surface area contributed by atoms with Crippen LogP contribution in [0.3, 0.4) is 0 Å². The summed E-state index contributed by atoms with van der Waals surface area (Å²) in [6.07, 6.45) is 8.87. The van der Waals surface area contributed by atoms with Crippen molar-refractivity contribution in [1.29, 1.82) is 0 Å². The van der Waals surface area contributed by atoms with E-state index in [0.717, 1.165) is 19.4 Å². The highest BCUT2D eigenvalue weighted by Gasteiger charge is 2.45. The topological polar surface area (TPSA) is 46.3 Å². The van der Waals surface area contributed by atoms with E-state index in [9.17, 15) is 4.79 Å². The predicted molar refractivity (Wildman–Crippen MR) is 86.5 cm³/mol. The number of likely N-dealkylation sites (tertiary alicyclic amines) is 1. The van der Waals surface area contributed by atoms with E-state index in [0.29, 0.717) is 29.8 Å². The molecule has 4 heteroatoms.